The predicted octanol–water partition coefficient (Wildman–Crippen LogP) is 3.51. The molecule has 0 spiro atoms. The van der Waals surface area contributed by atoms with Crippen LogP contribution in [0.25, 0.3) is 0 Å². The van der Waals surface area contributed by atoms with E-state index in [0.29, 0.717) is 12.3 Å². The van der Waals surface area contributed by atoms with Crippen LogP contribution in [0.1, 0.15) is 43.2 Å². The molecule has 0 unspecified atom stereocenters. The monoisotopic (exact) mass is 274 g/mol. The van der Waals surface area contributed by atoms with Gasteiger partial charge >= 0.3 is 0 Å². The number of likely N-dealkylation sites (tertiary alicyclic amines) is 1. The van der Waals surface area contributed by atoms with Gasteiger partial charge in [0, 0.05) is 31.7 Å². The van der Waals surface area contributed by atoms with Crippen molar-refractivity contribution < 1.29 is 4.79 Å². The number of carbonyl (C=O) groups excluding carboxylic acids is 1. The number of nitrogens with zero attached hydrogens (tertiary/aromatic N) is 1. The molecular formula is C17H26N2O. The Kier molecular flexibility index (Phi) is 5.45. The van der Waals surface area contributed by atoms with Gasteiger partial charge in [-0.15, -0.1) is 0 Å². The first-order chi connectivity index (χ1) is 9.68. The van der Waals surface area contributed by atoms with Crippen molar-refractivity contribution in [1.29, 1.82) is 0 Å². The van der Waals surface area contributed by atoms with E-state index >= 15 is 0 Å². The average Bonchev–Trinajstić information content (AvgIpc) is 2.71. The Morgan fingerprint density at radius 1 is 1.10 bits per heavy atom. The summed E-state index contributed by atoms with van der Waals surface area (Å²) in [5.74, 6) is 0.297. The second-order valence-corrected chi connectivity index (χ2v) is 5.74. The molecule has 20 heavy (non-hydrogen) atoms. The lowest BCUT2D eigenvalue weighted by Gasteiger charge is -2.21. The van der Waals surface area contributed by atoms with Crippen molar-refractivity contribution in [2.45, 2.75) is 46.0 Å². The molecule has 1 N–H and O–H groups in total. The molecule has 0 aromatic heterocycles. The summed E-state index contributed by atoms with van der Waals surface area (Å²) in [5.41, 5.74) is 3.66. The number of amides is 1. The van der Waals surface area contributed by atoms with Gasteiger partial charge in [0.2, 0.25) is 5.91 Å². The maximum absolute atomic E-state index is 12.2. The van der Waals surface area contributed by atoms with Crippen LogP contribution in [0, 0.1) is 13.8 Å². The molecule has 3 nitrogen and oxygen atoms in total. The lowest BCUT2D eigenvalue weighted by Crippen LogP contribution is -2.32. The van der Waals surface area contributed by atoms with E-state index in [-0.39, 0.29) is 0 Å². The van der Waals surface area contributed by atoms with Crippen molar-refractivity contribution in [1.82, 2.24) is 4.90 Å². The predicted molar refractivity (Wildman–Crippen MR) is 84.1 cm³/mol. The molecule has 0 radical (unpaired) electrons. The van der Waals surface area contributed by atoms with Crippen molar-refractivity contribution in [3.63, 3.8) is 0 Å². The Labute approximate surface area is 122 Å². The molecule has 2 rings (SSSR count). The third-order valence-electron chi connectivity index (χ3n) is 4.08. The van der Waals surface area contributed by atoms with E-state index in [1.54, 1.807) is 0 Å². The molecule has 1 fully saturated rings. The van der Waals surface area contributed by atoms with Crippen molar-refractivity contribution in [2.75, 3.05) is 25.0 Å². The van der Waals surface area contributed by atoms with Gasteiger partial charge in [0.15, 0.2) is 0 Å². The Hall–Kier alpha value is -1.51. The number of hydrogen-bond donors (Lipinski definition) is 1. The van der Waals surface area contributed by atoms with Gasteiger partial charge in [-0.2, -0.15) is 0 Å². The molecule has 1 saturated heterocycles. The van der Waals surface area contributed by atoms with Gasteiger partial charge in [0.1, 0.15) is 0 Å². The smallest absolute Gasteiger partial charge is 0.224 e. The molecule has 1 aliphatic rings. The maximum Gasteiger partial charge on any atom is 0.224 e. The molecule has 1 amide bonds. The van der Waals surface area contributed by atoms with Crippen LogP contribution in [0.5, 0.6) is 0 Å². The van der Waals surface area contributed by atoms with Crippen molar-refractivity contribution in [2.24, 2.45) is 0 Å². The van der Waals surface area contributed by atoms with Gasteiger partial charge in [0.25, 0.3) is 0 Å². The zero-order valence-corrected chi connectivity index (χ0v) is 12.7. The number of anilines is 1. The molecule has 0 bridgehead atoms. The Morgan fingerprint density at radius 2 is 1.70 bits per heavy atom. The van der Waals surface area contributed by atoms with Gasteiger partial charge in [0.05, 0.1) is 0 Å². The molecule has 1 aromatic rings. The van der Waals surface area contributed by atoms with Crippen molar-refractivity contribution in [3.8, 4) is 0 Å². The second-order valence-electron chi connectivity index (χ2n) is 5.74. The minimum Gasteiger partial charge on any atom is -0.384 e. The van der Waals surface area contributed by atoms with Crippen molar-refractivity contribution in [3.05, 3.63) is 29.3 Å². The second kappa shape index (κ2) is 7.32. The summed E-state index contributed by atoms with van der Waals surface area (Å²) in [5, 5.41) is 3.42. The zero-order valence-electron chi connectivity index (χ0n) is 12.7. The summed E-state index contributed by atoms with van der Waals surface area (Å²) in [6, 6.07) is 6.27. The van der Waals surface area contributed by atoms with E-state index in [0.717, 1.165) is 32.5 Å². The summed E-state index contributed by atoms with van der Waals surface area (Å²) in [6.45, 7) is 6.82. The first-order valence-corrected chi connectivity index (χ1v) is 7.76. The minimum absolute atomic E-state index is 0.297. The van der Waals surface area contributed by atoms with Crippen LogP contribution in [0.4, 0.5) is 5.69 Å². The fourth-order valence-electron chi connectivity index (χ4n) is 2.87. The standard InChI is InChI=1S/C17H26N2O/c1-14-8-7-9-15(2)17(14)18-11-10-16(20)19-12-5-3-4-6-13-19/h7-9,18H,3-6,10-13H2,1-2H3. The molecule has 0 saturated carbocycles. The van der Waals surface area contributed by atoms with Gasteiger partial charge in [-0.25, -0.2) is 0 Å². The molecule has 0 atom stereocenters. The van der Waals surface area contributed by atoms with Crippen LogP contribution in [-0.4, -0.2) is 30.4 Å². The lowest BCUT2D eigenvalue weighted by molar-refractivity contribution is -0.130. The van der Waals surface area contributed by atoms with Crippen LogP contribution in [0.3, 0.4) is 0 Å². The quantitative estimate of drug-likeness (QED) is 0.911. The first-order valence-electron chi connectivity index (χ1n) is 7.76. The molecule has 0 aliphatic carbocycles. The van der Waals surface area contributed by atoms with E-state index in [1.165, 1.54) is 29.7 Å². The third kappa shape index (κ3) is 3.99. The molecule has 3 heteroatoms. The topological polar surface area (TPSA) is 32.3 Å². The van der Waals surface area contributed by atoms with Gasteiger partial charge in [-0.3, -0.25) is 4.79 Å². The van der Waals surface area contributed by atoms with Crippen LogP contribution < -0.4 is 5.32 Å². The van der Waals surface area contributed by atoms with E-state index in [9.17, 15) is 4.79 Å². The van der Waals surface area contributed by atoms with E-state index in [2.05, 4.69) is 37.4 Å². The highest BCUT2D eigenvalue weighted by molar-refractivity contribution is 5.76. The molecule has 1 aromatic carbocycles. The number of rotatable bonds is 4. The molecule has 110 valence electrons. The average molecular weight is 274 g/mol. The molecule has 1 heterocycles. The number of carbonyl (C=O) groups is 1. The first kappa shape index (κ1) is 14.9. The largest absolute Gasteiger partial charge is 0.384 e. The molecule has 1 aliphatic heterocycles. The Morgan fingerprint density at radius 3 is 2.30 bits per heavy atom. The highest BCUT2D eigenvalue weighted by Crippen LogP contribution is 2.19. The Bertz CT molecular complexity index is 428. The number of para-hydroxylation sites is 1. The van der Waals surface area contributed by atoms with Crippen LogP contribution in [0.15, 0.2) is 18.2 Å². The number of nitrogens with one attached hydrogen (secondary N) is 1. The zero-order chi connectivity index (χ0) is 14.4. The third-order valence-corrected chi connectivity index (χ3v) is 4.08. The normalized spacial score (nSPS) is 15.8. The fourth-order valence-corrected chi connectivity index (χ4v) is 2.87. The van der Waals surface area contributed by atoms with E-state index < -0.39 is 0 Å². The molecular weight excluding hydrogens is 248 g/mol. The summed E-state index contributed by atoms with van der Waals surface area (Å²) < 4.78 is 0. The minimum atomic E-state index is 0.297. The summed E-state index contributed by atoms with van der Waals surface area (Å²) in [7, 11) is 0. The lowest BCUT2D eigenvalue weighted by atomic mass is 10.1. The van der Waals surface area contributed by atoms with Gasteiger partial charge < -0.3 is 10.2 Å². The van der Waals surface area contributed by atoms with E-state index in [1.807, 2.05) is 4.90 Å². The fraction of sp³-hybridized carbons (Fsp3) is 0.588. The highest BCUT2D eigenvalue weighted by atomic mass is 16.2. The number of benzene rings is 1. The van der Waals surface area contributed by atoms with Crippen LogP contribution in [-0.2, 0) is 4.79 Å². The van der Waals surface area contributed by atoms with Gasteiger partial charge in [-0.05, 0) is 37.8 Å². The van der Waals surface area contributed by atoms with Crippen molar-refractivity contribution >= 4 is 11.6 Å². The summed E-state index contributed by atoms with van der Waals surface area (Å²) in [4.78, 5) is 14.2. The van der Waals surface area contributed by atoms with Crippen LogP contribution >= 0.6 is 0 Å². The summed E-state index contributed by atoms with van der Waals surface area (Å²) in [6.07, 6.45) is 5.45. The Balaban J connectivity index is 1.81. The van der Waals surface area contributed by atoms with Gasteiger partial charge in [-0.1, -0.05) is 31.0 Å². The SMILES string of the molecule is Cc1cccc(C)c1NCCC(=O)N1CCCCCC1. The number of aryl methyl sites for hydroxylation is 2. The number of hydrogen-bond acceptors (Lipinski definition) is 2. The van der Waals surface area contributed by atoms with Crippen LogP contribution in [0.2, 0.25) is 0 Å². The summed E-state index contributed by atoms with van der Waals surface area (Å²) >= 11 is 0. The highest BCUT2D eigenvalue weighted by Gasteiger charge is 2.14. The van der Waals surface area contributed by atoms with E-state index in [4.69, 9.17) is 0 Å². The maximum atomic E-state index is 12.2.